The summed E-state index contributed by atoms with van der Waals surface area (Å²) in [7, 11) is 0. The molecule has 8 heteroatoms. The average molecular weight is 383 g/mol. The molecular formula is C19H17N3O4S. The van der Waals surface area contributed by atoms with Crippen LogP contribution in [0.2, 0.25) is 0 Å². The van der Waals surface area contributed by atoms with Crippen LogP contribution in [-0.2, 0) is 22.6 Å². The predicted molar refractivity (Wildman–Crippen MR) is 98.2 cm³/mol. The molecule has 3 heterocycles. The Morgan fingerprint density at radius 2 is 2.11 bits per heavy atom. The molecule has 1 atom stereocenters. The number of carbonyl (C=O) groups excluding carboxylic acids is 1. The normalized spacial score (nSPS) is 16.1. The van der Waals surface area contributed by atoms with Crippen molar-refractivity contribution < 1.29 is 19.2 Å². The van der Waals surface area contributed by atoms with Crippen molar-refractivity contribution in [1.82, 2.24) is 15.0 Å². The fraction of sp³-hybridized carbons (Fsp3) is 0.263. The van der Waals surface area contributed by atoms with E-state index in [4.69, 9.17) is 4.52 Å². The summed E-state index contributed by atoms with van der Waals surface area (Å²) in [5.74, 6) is -0.818. The van der Waals surface area contributed by atoms with Gasteiger partial charge in [0.25, 0.3) is 0 Å². The van der Waals surface area contributed by atoms with Crippen LogP contribution in [0.5, 0.6) is 0 Å². The molecule has 1 aliphatic heterocycles. The summed E-state index contributed by atoms with van der Waals surface area (Å²) in [6.07, 6.45) is 0.522. The largest absolute Gasteiger partial charge is 0.481 e. The van der Waals surface area contributed by atoms with Crippen LogP contribution in [0.15, 0.2) is 46.3 Å². The molecule has 27 heavy (non-hydrogen) atoms. The zero-order chi connectivity index (χ0) is 18.8. The van der Waals surface area contributed by atoms with Crippen LogP contribution < -0.4 is 0 Å². The van der Waals surface area contributed by atoms with Gasteiger partial charge in [0, 0.05) is 25.9 Å². The number of rotatable bonds is 5. The van der Waals surface area contributed by atoms with Crippen LogP contribution in [0, 0.1) is 0 Å². The molecule has 2 aromatic heterocycles. The van der Waals surface area contributed by atoms with Gasteiger partial charge in [-0.25, -0.2) is 0 Å². The number of aromatic nitrogens is 2. The van der Waals surface area contributed by atoms with Crippen LogP contribution in [-0.4, -0.2) is 38.6 Å². The Morgan fingerprint density at radius 3 is 2.89 bits per heavy atom. The van der Waals surface area contributed by atoms with E-state index in [-0.39, 0.29) is 18.9 Å². The van der Waals surface area contributed by atoms with Crippen LogP contribution in [0.25, 0.3) is 10.7 Å². The predicted octanol–water partition coefficient (Wildman–Crippen LogP) is 2.94. The van der Waals surface area contributed by atoms with Gasteiger partial charge in [0.05, 0.1) is 10.8 Å². The number of nitrogens with zero attached hydrogens (tertiary/aromatic N) is 3. The molecule has 3 aromatic rings. The minimum Gasteiger partial charge on any atom is -0.481 e. The average Bonchev–Trinajstić information content (AvgIpc) is 3.36. The molecule has 4 rings (SSSR count). The van der Waals surface area contributed by atoms with E-state index in [0.717, 1.165) is 16.0 Å². The van der Waals surface area contributed by atoms with Gasteiger partial charge in [-0.15, -0.1) is 11.3 Å². The molecule has 138 valence electrons. The summed E-state index contributed by atoms with van der Waals surface area (Å²) in [5, 5.41) is 15.4. The molecule has 0 saturated heterocycles. The van der Waals surface area contributed by atoms with Crippen molar-refractivity contribution in [2.24, 2.45) is 0 Å². The number of carboxylic acid groups (broad SMARTS) is 1. The van der Waals surface area contributed by atoms with Crippen molar-refractivity contribution >= 4 is 23.2 Å². The second-order valence-corrected chi connectivity index (χ2v) is 7.30. The molecule has 1 aliphatic rings. The minimum atomic E-state index is -0.919. The highest BCUT2D eigenvalue weighted by molar-refractivity contribution is 7.13. The Labute approximate surface area is 159 Å². The summed E-state index contributed by atoms with van der Waals surface area (Å²) < 4.78 is 5.22. The molecule has 0 aliphatic carbocycles. The maximum Gasteiger partial charge on any atom is 0.312 e. The molecule has 7 nitrogen and oxygen atoms in total. The lowest BCUT2D eigenvalue weighted by Crippen LogP contribution is -2.40. The van der Waals surface area contributed by atoms with Crippen LogP contribution in [0.4, 0.5) is 0 Å². The third kappa shape index (κ3) is 3.61. The molecule has 1 aromatic carbocycles. The van der Waals surface area contributed by atoms with Gasteiger partial charge >= 0.3 is 5.97 Å². The Balaban J connectivity index is 1.42. The first-order valence-electron chi connectivity index (χ1n) is 8.56. The number of hydrogen-bond acceptors (Lipinski definition) is 6. The smallest absolute Gasteiger partial charge is 0.312 e. The van der Waals surface area contributed by atoms with Gasteiger partial charge in [0.2, 0.25) is 17.6 Å². The molecule has 1 N–H and O–H groups in total. The third-order valence-electron chi connectivity index (χ3n) is 4.61. The lowest BCUT2D eigenvalue weighted by atomic mass is 9.89. The first kappa shape index (κ1) is 17.4. The fourth-order valence-electron chi connectivity index (χ4n) is 3.24. The highest BCUT2D eigenvalue weighted by Crippen LogP contribution is 2.29. The molecule has 0 spiro atoms. The lowest BCUT2D eigenvalue weighted by Gasteiger charge is -2.32. The van der Waals surface area contributed by atoms with Crippen molar-refractivity contribution in [2.45, 2.75) is 25.3 Å². The molecular weight excluding hydrogens is 366 g/mol. The van der Waals surface area contributed by atoms with E-state index in [0.29, 0.717) is 24.7 Å². The first-order chi connectivity index (χ1) is 13.1. The lowest BCUT2D eigenvalue weighted by molar-refractivity contribution is -0.141. The van der Waals surface area contributed by atoms with E-state index in [1.807, 2.05) is 41.8 Å². The summed E-state index contributed by atoms with van der Waals surface area (Å²) in [6.45, 7) is 0.596. The molecule has 0 saturated carbocycles. The molecule has 0 bridgehead atoms. The first-order valence-corrected chi connectivity index (χ1v) is 9.44. The SMILES string of the molecule is O=C(O)C1CN(C(=O)CCc2nc(-c3cccs3)no2)Cc2ccccc21. The standard InChI is InChI=1S/C19H17N3O4S/c23-17(8-7-16-20-18(21-26-16)15-6-3-9-27-15)22-10-12-4-1-2-5-13(12)14(11-22)19(24)25/h1-6,9,14H,7-8,10-11H2,(H,24,25). The number of fused-ring (bicyclic) bond motifs is 1. The molecule has 1 unspecified atom stereocenters. The monoisotopic (exact) mass is 383 g/mol. The second-order valence-electron chi connectivity index (χ2n) is 6.35. The van der Waals surface area contributed by atoms with Gasteiger partial charge in [-0.05, 0) is 22.6 Å². The van der Waals surface area contributed by atoms with E-state index < -0.39 is 11.9 Å². The summed E-state index contributed by atoms with van der Waals surface area (Å²) in [6, 6.07) is 11.2. The summed E-state index contributed by atoms with van der Waals surface area (Å²) in [4.78, 5) is 31.1. The van der Waals surface area contributed by atoms with Crippen molar-refractivity contribution in [1.29, 1.82) is 0 Å². The van der Waals surface area contributed by atoms with E-state index in [2.05, 4.69) is 10.1 Å². The van der Waals surface area contributed by atoms with Crippen molar-refractivity contribution in [2.75, 3.05) is 6.54 Å². The molecule has 0 radical (unpaired) electrons. The van der Waals surface area contributed by atoms with Crippen molar-refractivity contribution in [3.8, 4) is 10.7 Å². The topological polar surface area (TPSA) is 96.5 Å². The number of benzene rings is 1. The van der Waals surface area contributed by atoms with Crippen LogP contribution in [0.3, 0.4) is 0 Å². The highest BCUT2D eigenvalue weighted by atomic mass is 32.1. The van der Waals surface area contributed by atoms with Gasteiger partial charge in [-0.2, -0.15) is 4.98 Å². The quantitative estimate of drug-likeness (QED) is 0.728. The maximum absolute atomic E-state index is 12.6. The molecule has 1 amide bonds. The van der Waals surface area contributed by atoms with Gasteiger partial charge in [0.15, 0.2) is 0 Å². The minimum absolute atomic E-state index is 0.119. The number of carbonyl (C=O) groups is 2. The van der Waals surface area contributed by atoms with Gasteiger partial charge < -0.3 is 14.5 Å². The number of amides is 1. The Kier molecular flexibility index (Phi) is 4.72. The fourth-order valence-corrected chi connectivity index (χ4v) is 3.89. The molecule has 0 fully saturated rings. The number of aryl methyl sites for hydroxylation is 1. The third-order valence-corrected chi connectivity index (χ3v) is 5.47. The van der Waals surface area contributed by atoms with E-state index in [9.17, 15) is 14.7 Å². The Morgan fingerprint density at radius 1 is 1.26 bits per heavy atom. The second kappa shape index (κ2) is 7.32. The van der Waals surface area contributed by atoms with Crippen LogP contribution in [0.1, 0.15) is 29.4 Å². The van der Waals surface area contributed by atoms with Gasteiger partial charge in [0.1, 0.15) is 0 Å². The summed E-state index contributed by atoms with van der Waals surface area (Å²) in [5.41, 5.74) is 1.66. The van der Waals surface area contributed by atoms with E-state index >= 15 is 0 Å². The summed E-state index contributed by atoms with van der Waals surface area (Å²) >= 11 is 1.52. The van der Waals surface area contributed by atoms with E-state index in [1.165, 1.54) is 11.3 Å². The Bertz CT molecular complexity index is 967. The Hall–Kier alpha value is -3.00. The number of hydrogen-bond donors (Lipinski definition) is 1. The van der Waals surface area contributed by atoms with E-state index in [1.54, 1.807) is 4.90 Å². The number of thiophene rings is 1. The highest BCUT2D eigenvalue weighted by Gasteiger charge is 2.32. The van der Waals surface area contributed by atoms with Crippen molar-refractivity contribution in [3.63, 3.8) is 0 Å². The zero-order valence-electron chi connectivity index (χ0n) is 14.4. The zero-order valence-corrected chi connectivity index (χ0v) is 15.2. The van der Waals surface area contributed by atoms with Gasteiger partial charge in [-0.1, -0.05) is 35.5 Å². The number of carboxylic acids is 1. The number of aliphatic carboxylic acids is 1. The van der Waals surface area contributed by atoms with Crippen LogP contribution >= 0.6 is 11.3 Å². The maximum atomic E-state index is 12.6. The van der Waals surface area contributed by atoms with Gasteiger partial charge in [-0.3, -0.25) is 9.59 Å². The van der Waals surface area contributed by atoms with Crippen molar-refractivity contribution in [3.05, 3.63) is 58.8 Å².